The smallest absolute Gasteiger partial charge is 0.138 e. The standard InChI is InChI=1S/C9H15N3O/c1-2-4-12-7-10-11-9(12)8-3-5-13-6-8/h7-8H,2-6H2,1H3. The lowest BCUT2D eigenvalue weighted by molar-refractivity contribution is 0.192. The Bertz CT molecular complexity index is 266. The summed E-state index contributed by atoms with van der Waals surface area (Å²) in [6.07, 6.45) is 4.03. The molecule has 1 aliphatic rings. The summed E-state index contributed by atoms with van der Waals surface area (Å²) in [6, 6.07) is 0. The predicted octanol–water partition coefficient (Wildman–Crippen LogP) is 1.19. The van der Waals surface area contributed by atoms with Gasteiger partial charge in [-0.25, -0.2) is 0 Å². The Balaban J connectivity index is 2.13. The lowest BCUT2D eigenvalue weighted by atomic mass is 10.1. The molecule has 0 aliphatic carbocycles. The van der Waals surface area contributed by atoms with Crippen LogP contribution < -0.4 is 0 Å². The highest BCUT2D eigenvalue weighted by Crippen LogP contribution is 2.23. The van der Waals surface area contributed by atoms with Gasteiger partial charge in [0.1, 0.15) is 12.2 Å². The van der Waals surface area contributed by atoms with Gasteiger partial charge in [-0.2, -0.15) is 0 Å². The molecule has 0 radical (unpaired) electrons. The fraction of sp³-hybridized carbons (Fsp3) is 0.778. The Morgan fingerprint density at radius 1 is 1.69 bits per heavy atom. The number of aryl methyl sites for hydroxylation is 1. The van der Waals surface area contributed by atoms with Crippen LogP contribution in [-0.4, -0.2) is 28.0 Å². The summed E-state index contributed by atoms with van der Waals surface area (Å²) in [7, 11) is 0. The Morgan fingerprint density at radius 3 is 3.31 bits per heavy atom. The summed E-state index contributed by atoms with van der Waals surface area (Å²) < 4.78 is 7.47. The number of rotatable bonds is 3. The van der Waals surface area contributed by atoms with Crippen LogP contribution in [0.5, 0.6) is 0 Å². The van der Waals surface area contributed by atoms with Crippen molar-refractivity contribution >= 4 is 0 Å². The van der Waals surface area contributed by atoms with Crippen LogP contribution in [-0.2, 0) is 11.3 Å². The zero-order valence-corrected chi connectivity index (χ0v) is 7.94. The predicted molar refractivity (Wildman–Crippen MR) is 48.5 cm³/mol. The van der Waals surface area contributed by atoms with E-state index in [-0.39, 0.29) is 0 Å². The molecule has 1 unspecified atom stereocenters. The molecule has 1 saturated heterocycles. The van der Waals surface area contributed by atoms with Crippen molar-refractivity contribution in [3.63, 3.8) is 0 Å². The van der Waals surface area contributed by atoms with E-state index in [0.29, 0.717) is 5.92 Å². The first kappa shape index (κ1) is 8.69. The Labute approximate surface area is 77.9 Å². The molecule has 0 saturated carbocycles. The van der Waals surface area contributed by atoms with E-state index in [1.807, 2.05) is 6.33 Å². The lowest BCUT2D eigenvalue weighted by Gasteiger charge is -2.08. The molecule has 4 nitrogen and oxygen atoms in total. The van der Waals surface area contributed by atoms with Gasteiger partial charge >= 0.3 is 0 Å². The van der Waals surface area contributed by atoms with Crippen molar-refractivity contribution in [3.8, 4) is 0 Å². The molecule has 72 valence electrons. The molecule has 13 heavy (non-hydrogen) atoms. The van der Waals surface area contributed by atoms with Gasteiger partial charge in [-0.15, -0.1) is 10.2 Å². The first-order chi connectivity index (χ1) is 6.42. The molecule has 1 fully saturated rings. The third-order valence-corrected chi connectivity index (χ3v) is 2.40. The summed E-state index contributed by atoms with van der Waals surface area (Å²) in [6.45, 7) is 4.85. The van der Waals surface area contributed by atoms with Crippen LogP contribution >= 0.6 is 0 Å². The number of ether oxygens (including phenoxy) is 1. The highest BCUT2D eigenvalue weighted by atomic mass is 16.5. The third kappa shape index (κ3) is 1.72. The largest absolute Gasteiger partial charge is 0.381 e. The van der Waals surface area contributed by atoms with Gasteiger partial charge in [-0.3, -0.25) is 0 Å². The fourth-order valence-corrected chi connectivity index (χ4v) is 1.73. The van der Waals surface area contributed by atoms with Crippen molar-refractivity contribution in [2.75, 3.05) is 13.2 Å². The molecule has 0 aromatic carbocycles. The third-order valence-electron chi connectivity index (χ3n) is 2.40. The molecule has 0 N–H and O–H groups in total. The van der Waals surface area contributed by atoms with Crippen molar-refractivity contribution in [1.82, 2.24) is 14.8 Å². The second-order valence-corrected chi connectivity index (χ2v) is 3.44. The minimum atomic E-state index is 0.467. The van der Waals surface area contributed by atoms with Gasteiger partial charge in [0.2, 0.25) is 0 Å². The van der Waals surface area contributed by atoms with Crippen molar-refractivity contribution in [2.24, 2.45) is 0 Å². The van der Waals surface area contributed by atoms with Crippen LogP contribution in [0.25, 0.3) is 0 Å². The first-order valence-corrected chi connectivity index (χ1v) is 4.87. The SMILES string of the molecule is CCCn1cnnc1C1CCOC1. The quantitative estimate of drug-likeness (QED) is 0.703. The highest BCUT2D eigenvalue weighted by molar-refractivity contribution is 4.98. The molecule has 1 aliphatic heterocycles. The molecule has 2 heterocycles. The summed E-state index contributed by atoms with van der Waals surface area (Å²) >= 11 is 0. The topological polar surface area (TPSA) is 39.9 Å². The molecule has 2 rings (SSSR count). The van der Waals surface area contributed by atoms with Crippen molar-refractivity contribution < 1.29 is 4.74 Å². The van der Waals surface area contributed by atoms with Gasteiger partial charge in [0.05, 0.1) is 6.61 Å². The van der Waals surface area contributed by atoms with Crippen molar-refractivity contribution in [1.29, 1.82) is 0 Å². The first-order valence-electron chi connectivity index (χ1n) is 4.87. The summed E-state index contributed by atoms with van der Waals surface area (Å²) in [5, 5.41) is 8.09. The minimum absolute atomic E-state index is 0.467. The molecule has 1 atom stereocenters. The van der Waals surface area contributed by atoms with Gasteiger partial charge in [0, 0.05) is 19.1 Å². The molecule has 1 aromatic rings. The van der Waals surface area contributed by atoms with Crippen LogP contribution in [0.15, 0.2) is 6.33 Å². The normalized spacial score (nSPS) is 22.4. The molecule has 0 bridgehead atoms. The Hall–Kier alpha value is -0.900. The van der Waals surface area contributed by atoms with Crippen molar-refractivity contribution in [3.05, 3.63) is 12.2 Å². The van der Waals surface area contributed by atoms with Gasteiger partial charge in [0.15, 0.2) is 0 Å². The van der Waals surface area contributed by atoms with Gasteiger partial charge in [-0.05, 0) is 12.8 Å². The van der Waals surface area contributed by atoms with E-state index in [9.17, 15) is 0 Å². The Kier molecular flexibility index (Phi) is 2.59. The fourth-order valence-electron chi connectivity index (χ4n) is 1.73. The molecule has 1 aromatic heterocycles. The maximum atomic E-state index is 5.33. The average molecular weight is 181 g/mol. The zero-order valence-electron chi connectivity index (χ0n) is 7.94. The van der Waals surface area contributed by atoms with Gasteiger partial charge in [-0.1, -0.05) is 6.92 Å². The maximum absolute atomic E-state index is 5.33. The van der Waals surface area contributed by atoms with E-state index in [1.165, 1.54) is 0 Å². The highest BCUT2D eigenvalue weighted by Gasteiger charge is 2.22. The van der Waals surface area contributed by atoms with Gasteiger partial charge in [0.25, 0.3) is 0 Å². The minimum Gasteiger partial charge on any atom is -0.381 e. The van der Waals surface area contributed by atoms with Gasteiger partial charge < -0.3 is 9.30 Å². The summed E-state index contributed by atoms with van der Waals surface area (Å²) in [4.78, 5) is 0. The number of aromatic nitrogens is 3. The van der Waals surface area contributed by atoms with Crippen LogP contribution in [0.1, 0.15) is 31.5 Å². The van der Waals surface area contributed by atoms with E-state index in [0.717, 1.165) is 38.4 Å². The van der Waals surface area contributed by atoms with Crippen LogP contribution in [0.2, 0.25) is 0 Å². The monoisotopic (exact) mass is 181 g/mol. The second-order valence-electron chi connectivity index (χ2n) is 3.44. The summed E-state index contributed by atoms with van der Waals surface area (Å²) in [5.41, 5.74) is 0. The Morgan fingerprint density at radius 2 is 2.62 bits per heavy atom. The van der Waals surface area contributed by atoms with E-state index >= 15 is 0 Å². The molecular weight excluding hydrogens is 166 g/mol. The average Bonchev–Trinajstić information content (AvgIpc) is 2.71. The van der Waals surface area contributed by atoms with Crippen LogP contribution in [0.4, 0.5) is 0 Å². The number of hydrogen-bond acceptors (Lipinski definition) is 3. The zero-order chi connectivity index (χ0) is 9.10. The van der Waals surface area contributed by atoms with Crippen LogP contribution in [0.3, 0.4) is 0 Å². The molecule has 0 spiro atoms. The molecule has 4 heteroatoms. The maximum Gasteiger partial charge on any atom is 0.138 e. The van der Waals surface area contributed by atoms with E-state index < -0.39 is 0 Å². The number of hydrogen-bond donors (Lipinski definition) is 0. The lowest BCUT2D eigenvalue weighted by Crippen LogP contribution is -2.08. The summed E-state index contributed by atoms with van der Waals surface area (Å²) in [5.74, 6) is 1.56. The van der Waals surface area contributed by atoms with Crippen molar-refractivity contribution in [2.45, 2.75) is 32.2 Å². The van der Waals surface area contributed by atoms with E-state index in [4.69, 9.17) is 4.74 Å². The second kappa shape index (κ2) is 3.87. The molecular formula is C9H15N3O. The number of nitrogens with zero attached hydrogens (tertiary/aromatic N) is 3. The van der Waals surface area contributed by atoms with Crippen LogP contribution in [0, 0.1) is 0 Å². The molecule has 0 amide bonds. The van der Waals surface area contributed by atoms with E-state index in [2.05, 4.69) is 21.7 Å². The van der Waals surface area contributed by atoms with E-state index in [1.54, 1.807) is 0 Å².